The number of thiophene rings is 1. The van der Waals surface area contributed by atoms with E-state index in [0.29, 0.717) is 5.56 Å². The van der Waals surface area contributed by atoms with Crippen LogP contribution in [0.25, 0.3) is 6.08 Å². The number of hydrogen-bond donors (Lipinski definition) is 0. The highest BCUT2D eigenvalue weighted by Crippen LogP contribution is 2.10. The highest BCUT2D eigenvalue weighted by Gasteiger charge is 2.07. The van der Waals surface area contributed by atoms with Crippen molar-refractivity contribution >= 4 is 29.2 Å². The molecule has 96 valence electrons. The molecule has 2 rings (SSSR count). The summed E-state index contributed by atoms with van der Waals surface area (Å²) in [5, 5.41) is 1.92. The van der Waals surface area contributed by atoms with Gasteiger partial charge in [-0.15, -0.1) is 11.3 Å². The zero-order chi connectivity index (χ0) is 13.5. The Morgan fingerprint density at radius 2 is 1.89 bits per heavy atom. The molecular weight excluding hydrogens is 260 g/mol. The van der Waals surface area contributed by atoms with E-state index in [-0.39, 0.29) is 12.4 Å². The maximum absolute atomic E-state index is 11.7. The van der Waals surface area contributed by atoms with Gasteiger partial charge in [-0.25, -0.2) is 4.79 Å². The lowest BCUT2D eigenvalue weighted by Crippen LogP contribution is -2.12. The Hall–Kier alpha value is -2.20. The standard InChI is InChI=1S/C15H12O3S/c16-14(12-5-2-1-3-6-12)11-18-15(17)9-8-13-7-4-10-19-13/h1-10H,11H2. The molecule has 1 aromatic carbocycles. The van der Waals surface area contributed by atoms with E-state index in [2.05, 4.69) is 0 Å². The van der Waals surface area contributed by atoms with Crippen LogP contribution >= 0.6 is 11.3 Å². The summed E-state index contributed by atoms with van der Waals surface area (Å²) >= 11 is 1.52. The van der Waals surface area contributed by atoms with Crippen molar-refractivity contribution in [2.45, 2.75) is 0 Å². The van der Waals surface area contributed by atoms with Crippen LogP contribution < -0.4 is 0 Å². The molecule has 0 N–H and O–H groups in total. The van der Waals surface area contributed by atoms with Gasteiger partial charge in [-0.1, -0.05) is 36.4 Å². The summed E-state index contributed by atoms with van der Waals surface area (Å²) in [4.78, 5) is 24.1. The number of carbonyl (C=O) groups is 2. The summed E-state index contributed by atoms with van der Waals surface area (Å²) < 4.78 is 4.89. The molecule has 0 amide bonds. The van der Waals surface area contributed by atoms with E-state index in [1.54, 1.807) is 30.3 Å². The normalized spacial score (nSPS) is 10.5. The molecule has 19 heavy (non-hydrogen) atoms. The molecule has 0 aliphatic carbocycles. The maximum atomic E-state index is 11.7. The zero-order valence-corrected chi connectivity index (χ0v) is 10.9. The Labute approximate surface area is 115 Å². The summed E-state index contributed by atoms with van der Waals surface area (Å²) in [7, 11) is 0. The van der Waals surface area contributed by atoms with E-state index >= 15 is 0 Å². The van der Waals surface area contributed by atoms with Gasteiger partial charge in [-0.3, -0.25) is 4.79 Å². The van der Waals surface area contributed by atoms with Crippen LogP contribution in [0, 0.1) is 0 Å². The maximum Gasteiger partial charge on any atom is 0.331 e. The fourth-order valence-electron chi connectivity index (χ4n) is 1.43. The second-order valence-electron chi connectivity index (χ2n) is 3.75. The summed E-state index contributed by atoms with van der Waals surface area (Å²) in [5.74, 6) is -0.726. The van der Waals surface area contributed by atoms with Gasteiger partial charge >= 0.3 is 5.97 Å². The van der Waals surface area contributed by atoms with Gasteiger partial charge < -0.3 is 4.74 Å². The van der Waals surface area contributed by atoms with E-state index in [9.17, 15) is 9.59 Å². The molecule has 0 aliphatic rings. The van der Waals surface area contributed by atoms with Crippen LogP contribution in [0.15, 0.2) is 53.9 Å². The lowest BCUT2D eigenvalue weighted by molar-refractivity contribution is -0.136. The lowest BCUT2D eigenvalue weighted by Gasteiger charge is -2.01. The molecule has 0 atom stereocenters. The van der Waals surface area contributed by atoms with Crippen LogP contribution in [-0.4, -0.2) is 18.4 Å². The Morgan fingerprint density at radius 3 is 2.58 bits per heavy atom. The SMILES string of the molecule is O=C(C=Cc1cccs1)OCC(=O)c1ccccc1. The van der Waals surface area contributed by atoms with Gasteiger partial charge in [0.2, 0.25) is 0 Å². The molecular formula is C15H12O3S. The summed E-state index contributed by atoms with van der Waals surface area (Å²) in [5.41, 5.74) is 0.539. The molecule has 0 spiro atoms. The van der Waals surface area contributed by atoms with Gasteiger partial charge in [0.15, 0.2) is 12.4 Å². The first kappa shape index (κ1) is 13.2. The second-order valence-corrected chi connectivity index (χ2v) is 4.72. The van der Waals surface area contributed by atoms with Crippen LogP contribution in [0.4, 0.5) is 0 Å². The molecule has 0 radical (unpaired) electrons. The van der Waals surface area contributed by atoms with Crippen molar-refractivity contribution in [3.05, 3.63) is 64.4 Å². The predicted molar refractivity (Wildman–Crippen MR) is 75.1 cm³/mol. The Balaban J connectivity index is 1.82. The number of carbonyl (C=O) groups excluding carboxylic acids is 2. The number of rotatable bonds is 5. The smallest absolute Gasteiger partial charge is 0.331 e. The van der Waals surface area contributed by atoms with E-state index in [4.69, 9.17) is 4.74 Å². The predicted octanol–water partition coefficient (Wildman–Crippen LogP) is 3.19. The molecule has 3 nitrogen and oxygen atoms in total. The van der Waals surface area contributed by atoms with Gasteiger partial charge in [0.05, 0.1) is 0 Å². The lowest BCUT2D eigenvalue weighted by atomic mass is 10.1. The average Bonchev–Trinajstić information content (AvgIpc) is 2.96. The van der Waals surface area contributed by atoms with Gasteiger partial charge in [0.1, 0.15) is 0 Å². The Morgan fingerprint density at radius 1 is 1.11 bits per heavy atom. The number of ketones is 1. The third-order valence-electron chi connectivity index (χ3n) is 2.37. The minimum Gasteiger partial charge on any atom is -0.454 e. The van der Waals surface area contributed by atoms with E-state index in [0.717, 1.165) is 4.88 Å². The van der Waals surface area contributed by atoms with Crippen LogP contribution in [0.5, 0.6) is 0 Å². The molecule has 0 unspecified atom stereocenters. The number of benzene rings is 1. The molecule has 4 heteroatoms. The zero-order valence-electron chi connectivity index (χ0n) is 10.1. The summed E-state index contributed by atoms with van der Waals surface area (Å²) in [6, 6.07) is 12.5. The minimum atomic E-state index is -0.516. The van der Waals surface area contributed by atoms with Gasteiger partial charge in [0.25, 0.3) is 0 Å². The fraction of sp³-hybridized carbons (Fsp3) is 0.0667. The first-order chi connectivity index (χ1) is 9.25. The van der Waals surface area contributed by atoms with Crippen molar-refractivity contribution < 1.29 is 14.3 Å². The van der Waals surface area contributed by atoms with Crippen LogP contribution in [0.2, 0.25) is 0 Å². The van der Waals surface area contributed by atoms with Crippen molar-refractivity contribution in [3.63, 3.8) is 0 Å². The number of ether oxygens (including phenoxy) is 1. The summed E-state index contributed by atoms with van der Waals surface area (Å²) in [6.45, 7) is -0.238. The van der Waals surface area contributed by atoms with Crippen molar-refractivity contribution in [1.82, 2.24) is 0 Å². The van der Waals surface area contributed by atoms with Crippen LogP contribution in [-0.2, 0) is 9.53 Å². The van der Waals surface area contributed by atoms with Crippen LogP contribution in [0.1, 0.15) is 15.2 Å². The van der Waals surface area contributed by atoms with Crippen molar-refractivity contribution in [3.8, 4) is 0 Å². The van der Waals surface area contributed by atoms with E-state index in [1.807, 2.05) is 23.6 Å². The molecule has 0 saturated heterocycles. The number of hydrogen-bond acceptors (Lipinski definition) is 4. The molecule has 2 aromatic rings. The van der Waals surface area contributed by atoms with E-state index < -0.39 is 5.97 Å². The van der Waals surface area contributed by atoms with Gasteiger partial charge in [0, 0.05) is 16.5 Å². The molecule has 0 aliphatic heterocycles. The second kappa shape index (κ2) is 6.66. The third-order valence-corrected chi connectivity index (χ3v) is 3.21. The number of esters is 1. The van der Waals surface area contributed by atoms with Gasteiger partial charge in [-0.2, -0.15) is 0 Å². The van der Waals surface area contributed by atoms with Crippen molar-refractivity contribution in [2.24, 2.45) is 0 Å². The first-order valence-corrected chi connectivity index (χ1v) is 6.60. The molecule has 0 bridgehead atoms. The molecule has 0 saturated carbocycles. The monoisotopic (exact) mass is 272 g/mol. The topological polar surface area (TPSA) is 43.4 Å². The average molecular weight is 272 g/mol. The largest absolute Gasteiger partial charge is 0.454 e. The molecule has 1 heterocycles. The third kappa shape index (κ3) is 4.19. The van der Waals surface area contributed by atoms with Gasteiger partial charge in [-0.05, 0) is 17.5 Å². The Kier molecular flexibility index (Phi) is 4.64. The number of Topliss-reactive ketones (excluding diaryl/α,β-unsaturated/α-hetero) is 1. The minimum absolute atomic E-state index is 0.210. The Bertz CT molecular complexity index is 571. The van der Waals surface area contributed by atoms with Crippen LogP contribution in [0.3, 0.4) is 0 Å². The fourth-order valence-corrected chi connectivity index (χ4v) is 2.05. The summed E-state index contributed by atoms with van der Waals surface area (Å²) in [6.07, 6.45) is 2.99. The quantitative estimate of drug-likeness (QED) is 0.477. The van der Waals surface area contributed by atoms with Crippen molar-refractivity contribution in [1.29, 1.82) is 0 Å². The van der Waals surface area contributed by atoms with E-state index in [1.165, 1.54) is 17.4 Å². The van der Waals surface area contributed by atoms with Crippen molar-refractivity contribution in [2.75, 3.05) is 6.61 Å². The molecule has 0 fully saturated rings. The highest BCUT2D eigenvalue weighted by atomic mass is 32.1. The highest BCUT2D eigenvalue weighted by molar-refractivity contribution is 7.10. The molecule has 1 aromatic heterocycles. The first-order valence-electron chi connectivity index (χ1n) is 5.72.